The first kappa shape index (κ1) is 32.4. The van der Waals surface area contributed by atoms with Gasteiger partial charge in [-0.15, -0.1) is 0 Å². The van der Waals surface area contributed by atoms with Crippen molar-refractivity contribution >= 4 is 17.5 Å². The first-order valence-corrected chi connectivity index (χ1v) is 15.1. The molecule has 236 valence electrons. The van der Waals surface area contributed by atoms with Crippen molar-refractivity contribution in [2.75, 3.05) is 39.7 Å². The highest BCUT2D eigenvalue weighted by Crippen LogP contribution is 2.50. The number of methoxy groups -OCH3 is 3. The molecule has 2 amide bonds. The van der Waals surface area contributed by atoms with Gasteiger partial charge < -0.3 is 34.7 Å². The summed E-state index contributed by atoms with van der Waals surface area (Å²) in [5, 5.41) is 9.28. The largest absolute Gasteiger partial charge is 0.493 e. The van der Waals surface area contributed by atoms with E-state index in [1.54, 1.807) is 46.0 Å². The third-order valence-electron chi connectivity index (χ3n) is 7.79. The molecule has 3 N–H and O–H groups in total. The number of aryl methyl sites for hydroxylation is 2. The summed E-state index contributed by atoms with van der Waals surface area (Å²) < 4.78 is 19.1. The normalized spacial score (nSPS) is 13.6. The maximum absolute atomic E-state index is 13.4. The molecule has 1 aromatic heterocycles. The average Bonchev–Trinajstić information content (AvgIpc) is 3.43. The van der Waals surface area contributed by atoms with Crippen molar-refractivity contribution in [2.45, 2.75) is 64.5 Å². The maximum atomic E-state index is 13.4. The van der Waals surface area contributed by atoms with E-state index in [0.29, 0.717) is 55.3 Å². The van der Waals surface area contributed by atoms with Crippen LogP contribution in [-0.4, -0.2) is 55.8 Å². The van der Waals surface area contributed by atoms with Crippen molar-refractivity contribution in [3.8, 4) is 28.4 Å². The molecule has 0 unspecified atom stereocenters. The number of hydrogen-bond acceptors (Lipinski definition) is 8. The van der Waals surface area contributed by atoms with Crippen molar-refractivity contribution in [3.63, 3.8) is 0 Å². The molecule has 0 radical (unpaired) electrons. The molecular weight excluding hydrogens is 562 g/mol. The zero-order valence-corrected chi connectivity index (χ0v) is 26.0. The van der Waals surface area contributed by atoms with Crippen LogP contribution in [0.3, 0.4) is 0 Å². The van der Waals surface area contributed by atoms with Crippen LogP contribution in [0, 0.1) is 0 Å². The van der Waals surface area contributed by atoms with Crippen LogP contribution in [0.15, 0.2) is 47.8 Å². The second kappa shape index (κ2) is 15.8. The molecular formula is C33H43N5O6. The lowest BCUT2D eigenvalue weighted by atomic mass is 9.95. The number of hydrogen-bond donors (Lipinski definition) is 3. The van der Waals surface area contributed by atoms with Crippen molar-refractivity contribution in [3.05, 3.63) is 64.3 Å². The molecule has 2 aromatic carbocycles. The molecule has 1 aliphatic carbocycles. The Hall–Kier alpha value is -4.54. The Morgan fingerprint density at radius 1 is 1.00 bits per heavy atom. The molecule has 0 saturated heterocycles. The summed E-state index contributed by atoms with van der Waals surface area (Å²) in [4.78, 5) is 41.7. The van der Waals surface area contributed by atoms with Gasteiger partial charge in [0.2, 0.25) is 23.0 Å². The van der Waals surface area contributed by atoms with E-state index in [1.807, 2.05) is 22.9 Å². The number of unbranched alkanes of at least 4 members (excludes halogenated alkanes) is 2. The number of anilines is 1. The van der Waals surface area contributed by atoms with Crippen molar-refractivity contribution < 1.29 is 23.8 Å². The quantitative estimate of drug-likeness (QED) is 0.219. The minimum Gasteiger partial charge on any atom is -0.493 e. The number of aromatic nitrogens is 2. The zero-order chi connectivity index (χ0) is 31.5. The van der Waals surface area contributed by atoms with Crippen LogP contribution in [0.25, 0.3) is 11.1 Å². The minimum atomic E-state index is -0.360. The van der Waals surface area contributed by atoms with Crippen LogP contribution < -0.4 is 35.6 Å². The van der Waals surface area contributed by atoms with Crippen molar-refractivity contribution in [2.24, 2.45) is 0 Å². The molecule has 1 aliphatic rings. The summed E-state index contributed by atoms with van der Waals surface area (Å²) in [6.07, 6.45) is 10.4. The number of imidazole rings is 1. The van der Waals surface area contributed by atoms with Gasteiger partial charge in [-0.25, -0.2) is 4.98 Å². The smallest absolute Gasteiger partial charge is 0.219 e. The molecule has 44 heavy (non-hydrogen) atoms. The Balaban J connectivity index is 1.43. The first-order chi connectivity index (χ1) is 21.4. The number of carbonyl (C=O) groups is 2. The SMILES string of the molecule is COc1cc2c(c(OC)c1OC)-c1ccc(NCCCCCC(=O)NCCCn3ccnc3)c(=O)cc1[C@@H](NC(C)=O)CC2. The predicted molar refractivity (Wildman–Crippen MR) is 169 cm³/mol. The molecule has 1 atom stereocenters. The van der Waals surface area contributed by atoms with E-state index < -0.39 is 0 Å². The fourth-order valence-electron chi connectivity index (χ4n) is 5.66. The van der Waals surface area contributed by atoms with Gasteiger partial charge in [0.05, 0.1) is 39.4 Å². The fraction of sp³-hybridized carbons (Fsp3) is 0.455. The minimum absolute atomic E-state index is 0.0562. The molecule has 3 aromatic rings. The van der Waals surface area contributed by atoms with Gasteiger partial charge in [0.15, 0.2) is 11.5 Å². The number of fused-ring (bicyclic) bond motifs is 3. The lowest BCUT2D eigenvalue weighted by Crippen LogP contribution is -2.26. The summed E-state index contributed by atoms with van der Waals surface area (Å²) in [7, 11) is 4.72. The second-order valence-electron chi connectivity index (χ2n) is 10.8. The number of benzene rings is 1. The molecule has 11 nitrogen and oxygen atoms in total. The second-order valence-corrected chi connectivity index (χ2v) is 10.8. The molecule has 0 fully saturated rings. The van der Waals surface area contributed by atoms with Gasteiger partial charge in [-0.2, -0.15) is 0 Å². The van der Waals surface area contributed by atoms with Crippen LogP contribution in [0.1, 0.15) is 62.6 Å². The van der Waals surface area contributed by atoms with Gasteiger partial charge in [0, 0.05) is 50.9 Å². The zero-order valence-electron chi connectivity index (χ0n) is 26.0. The molecule has 0 aliphatic heterocycles. The summed E-state index contributed by atoms with van der Waals surface area (Å²) >= 11 is 0. The van der Waals surface area contributed by atoms with E-state index in [1.165, 1.54) is 6.92 Å². The Kier molecular flexibility index (Phi) is 11.6. The number of nitrogens with one attached hydrogen (secondary N) is 3. The highest BCUT2D eigenvalue weighted by atomic mass is 16.5. The molecule has 4 rings (SSSR count). The average molecular weight is 606 g/mol. The van der Waals surface area contributed by atoms with Crippen molar-refractivity contribution in [1.29, 1.82) is 0 Å². The number of amides is 2. The number of ether oxygens (including phenoxy) is 3. The van der Waals surface area contributed by atoms with E-state index in [9.17, 15) is 14.4 Å². The van der Waals surface area contributed by atoms with Crippen LogP contribution >= 0.6 is 0 Å². The Bertz CT molecular complexity index is 1490. The van der Waals surface area contributed by atoms with Crippen LogP contribution in [0.2, 0.25) is 0 Å². The van der Waals surface area contributed by atoms with E-state index >= 15 is 0 Å². The van der Waals surface area contributed by atoms with Crippen LogP contribution in [-0.2, 0) is 22.6 Å². The van der Waals surface area contributed by atoms with Crippen LogP contribution in [0.4, 0.5) is 5.69 Å². The number of carbonyl (C=O) groups excluding carboxylic acids is 2. The monoisotopic (exact) mass is 605 g/mol. The summed E-state index contributed by atoms with van der Waals surface area (Å²) in [5.41, 5.74) is 3.60. The first-order valence-electron chi connectivity index (χ1n) is 15.1. The summed E-state index contributed by atoms with van der Waals surface area (Å²) in [6, 6.07) is 6.88. The maximum Gasteiger partial charge on any atom is 0.219 e. The lowest BCUT2D eigenvalue weighted by molar-refractivity contribution is -0.121. The van der Waals surface area contributed by atoms with E-state index in [-0.39, 0.29) is 23.3 Å². The lowest BCUT2D eigenvalue weighted by Gasteiger charge is -2.19. The summed E-state index contributed by atoms with van der Waals surface area (Å²) in [5.74, 6) is 1.42. The van der Waals surface area contributed by atoms with E-state index in [0.717, 1.165) is 54.5 Å². The highest BCUT2D eigenvalue weighted by molar-refractivity contribution is 5.83. The standard InChI is InChI=1S/C33H43N5O6/c1-22(39)37-26-12-10-23-19-29(42-2)32(43-3)33(44-4)31(23)24-11-13-27(28(40)20-25(24)26)35-14-7-5-6-9-30(41)36-15-8-17-38-18-16-34-21-38/h11,13,16,18-21,26H,5-10,12,14-15,17H2,1-4H3,(H,35,40)(H,36,41)(H,37,39)/t26-/m0/s1. The van der Waals surface area contributed by atoms with Crippen molar-refractivity contribution in [1.82, 2.24) is 20.2 Å². The summed E-state index contributed by atoms with van der Waals surface area (Å²) in [6.45, 7) is 3.53. The van der Waals surface area contributed by atoms with Gasteiger partial charge >= 0.3 is 0 Å². The van der Waals surface area contributed by atoms with Gasteiger partial charge in [-0.05, 0) is 67.0 Å². The molecule has 0 spiro atoms. The Morgan fingerprint density at radius 2 is 1.82 bits per heavy atom. The third-order valence-corrected chi connectivity index (χ3v) is 7.79. The number of nitrogens with zero attached hydrogens (tertiary/aromatic N) is 2. The van der Waals surface area contributed by atoms with E-state index in [4.69, 9.17) is 14.2 Å². The topological polar surface area (TPSA) is 133 Å². The molecule has 0 saturated carbocycles. The number of rotatable bonds is 15. The molecule has 1 heterocycles. The Labute approximate surface area is 258 Å². The van der Waals surface area contributed by atoms with Gasteiger partial charge in [0.1, 0.15) is 0 Å². The van der Waals surface area contributed by atoms with Crippen LogP contribution in [0.5, 0.6) is 17.2 Å². The van der Waals surface area contributed by atoms with Gasteiger partial charge in [0.25, 0.3) is 0 Å². The highest BCUT2D eigenvalue weighted by Gasteiger charge is 2.29. The molecule has 11 heteroatoms. The van der Waals surface area contributed by atoms with Gasteiger partial charge in [-0.3, -0.25) is 14.4 Å². The predicted octanol–water partition coefficient (Wildman–Crippen LogP) is 4.24. The van der Waals surface area contributed by atoms with Gasteiger partial charge in [-0.1, -0.05) is 12.5 Å². The van der Waals surface area contributed by atoms with E-state index in [2.05, 4.69) is 20.9 Å². The molecule has 0 bridgehead atoms. The fourth-order valence-corrected chi connectivity index (χ4v) is 5.66. The third kappa shape index (κ3) is 8.09. The Morgan fingerprint density at radius 3 is 2.52 bits per heavy atom.